The van der Waals surface area contributed by atoms with E-state index in [2.05, 4.69) is 43.7 Å². The molecule has 2 aromatic rings. The Morgan fingerprint density at radius 3 is 2.53 bits per heavy atom. The summed E-state index contributed by atoms with van der Waals surface area (Å²) in [7, 11) is -5.23. The molecule has 55 heavy (non-hydrogen) atoms. The standard InChI is InChI=1S/C41H57ClN4O7S2/c1-29-7-5-16-41(52-3,27-45-19-17-44(18-20-45)21-22-54(4,48)49)36-12-9-33(36)25-46-26-40(15-6-8-31-23-34(42)11-13-35(31)40)28-53-38-14-10-32(24-37(38)46)39(47)43-55(50,51)30(29)2/h5,10-11,13-14,16,23-24,29-30,33,36H,6-9,12,15,17-22,25-28H2,1-4H3,(H,43,47)/b16-5-/t29-,30+,33-,36+,40-,41-/m0/s1. The van der Waals surface area contributed by atoms with E-state index < -0.39 is 36.6 Å². The van der Waals surface area contributed by atoms with Crippen LogP contribution in [0, 0.1) is 17.8 Å². The number of piperazine rings is 1. The number of carbonyl (C=O) groups is 1. The summed E-state index contributed by atoms with van der Waals surface area (Å²) in [5.74, 6) is 0.401. The fourth-order valence-corrected chi connectivity index (χ4v) is 11.7. The van der Waals surface area contributed by atoms with Crippen LogP contribution in [0.15, 0.2) is 48.6 Å². The summed E-state index contributed by atoms with van der Waals surface area (Å²) in [5.41, 5.74) is 2.66. The zero-order valence-electron chi connectivity index (χ0n) is 32.6. The number of carbonyl (C=O) groups excluding carboxylic acids is 1. The number of sulfone groups is 1. The molecule has 2 bridgehead atoms. The van der Waals surface area contributed by atoms with E-state index in [0.29, 0.717) is 38.4 Å². The second kappa shape index (κ2) is 15.9. The van der Waals surface area contributed by atoms with Crippen molar-refractivity contribution in [2.75, 3.05) is 83.0 Å². The van der Waals surface area contributed by atoms with Crippen molar-refractivity contribution in [3.8, 4) is 5.75 Å². The number of amides is 1. The normalized spacial score (nSPS) is 32.3. The highest BCUT2D eigenvalue weighted by Crippen LogP contribution is 2.49. The quantitative estimate of drug-likeness (QED) is 0.402. The fraction of sp³-hybridized carbons (Fsp3) is 0.634. The average Bonchev–Trinajstić information content (AvgIpc) is 3.28. The Morgan fingerprint density at radius 1 is 1.05 bits per heavy atom. The molecule has 0 unspecified atom stereocenters. The predicted molar refractivity (Wildman–Crippen MR) is 218 cm³/mol. The molecule has 2 aromatic carbocycles. The van der Waals surface area contributed by atoms with E-state index >= 15 is 0 Å². The molecule has 1 N–H and O–H groups in total. The molecule has 0 aromatic heterocycles. The van der Waals surface area contributed by atoms with E-state index in [4.69, 9.17) is 21.1 Å². The van der Waals surface area contributed by atoms with Crippen molar-refractivity contribution in [2.45, 2.75) is 68.6 Å². The van der Waals surface area contributed by atoms with Gasteiger partial charge in [-0.25, -0.2) is 21.6 Å². The minimum absolute atomic E-state index is 0.157. The van der Waals surface area contributed by atoms with Crippen LogP contribution in [0.5, 0.6) is 5.75 Å². The van der Waals surface area contributed by atoms with Gasteiger partial charge in [-0.3, -0.25) is 14.6 Å². The lowest BCUT2D eigenvalue weighted by atomic mass is 9.63. The number of methoxy groups -OCH3 is 1. The zero-order chi connectivity index (χ0) is 39.2. The lowest BCUT2D eigenvalue weighted by Crippen LogP contribution is -2.59. The molecule has 14 heteroatoms. The van der Waals surface area contributed by atoms with Crippen LogP contribution in [-0.2, 0) is 36.4 Å². The smallest absolute Gasteiger partial charge is 0.264 e. The maximum atomic E-state index is 13.7. The van der Waals surface area contributed by atoms with Crippen LogP contribution in [-0.4, -0.2) is 121 Å². The third-order valence-electron chi connectivity index (χ3n) is 13.3. The van der Waals surface area contributed by atoms with E-state index in [-0.39, 0.29) is 34.5 Å². The number of allylic oxidation sites excluding steroid dienone is 1. The van der Waals surface area contributed by atoms with Crippen LogP contribution >= 0.6 is 11.6 Å². The topological polar surface area (TPSA) is 126 Å². The van der Waals surface area contributed by atoms with Gasteiger partial charge in [-0.2, -0.15) is 0 Å². The van der Waals surface area contributed by atoms with Gasteiger partial charge in [0.05, 0.1) is 23.3 Å². The molecule has 1 saturated heterocycles. The summed E-state index contributed by atoms with van der Waals surface area (Å²) in [6.45, 7) is 9.84. The van der Waals surface area contributed by atoms with Crippen molar-refractivity contribution in [1.82, 2.24) is 14.5 Å². The number of rotatable bonds is 6. The number of fused-ring (bicyclic) bond motifs is 4. The Bertz CT molecular complexity index is 2000. The molecule has 1 saturated carbocycles. The predicted octanol–water partition coefficient (Wildman–Crippen LogP) is 4.93. The molecule has 3 aliphatic heterocycles. The van der Waals surface area contributed by atoms with Crippen molar-refractivity contribution in [3.63, 3.8) is 0 Å². The number of hydrogen-bond acceptors (Lipinski definition) is 10. The molecule has 6 atom stereocenters. The molecule has 3 heterocycles. The van der Waals surface area contributed by atoms with Crippen molar-refractivity contribution in [1.29, 1.82) is 0 Å². The lowest BCUT2D eigenvalue weighted by Gasteiger charge is -2.52. The zero-order valence-corrected chi connectivity index (χ0v) is 35.0. The summed E-state index contributed by atoms with van der Waals surface area (Å²) < 4.78 is 66.6. The van der Waals surface area contributed by atoms with Gasteiger partial charge in [0, 0.05) is 81.7 Å². The fourth-order valence-electron chi connectivity index (χ4n) is 9.62. The Balaban J connectivity index is 1.25. The molecule has 7 rings (SSSR count). The Morgan fingerprint density at radius 2 is 1.82 bits per heavy atom. The van der Waals surface area contributed by atoms with Gasteiger partial charge in [-0.1, -0.05) is 36.7 Å². The molecule has 5 aliphatic rings. The maximum absolute atomic E-state index is 13.7. The van der Waals surface area contributed by atoms with Gasteiger partial charge in [0.15, 0.2) is 0 Å². The summed E-state index contributed by atoms with van der Waals surface area (Å²) in [6.07, 6.45) is 11.0. The second-order valence-electron chi connectivity index (χ2n) is 16.9. The number of hydrogen-bond donors (Lipinski definition) is 1. The van der Waals surface area contributed by atoms with Crippen molar-refractivity contribution >= 4 is 43.1 Å². The SMILES string of the molecule is CO[C@]1(CN2CCN(CCS(C)(=O)=O)CC2)/C=C\C[C@H](C)[C@@H](C)S(=O)(=O)NC(=O)c2ccc3c(c2)N(C[C@@H]2CC[C@H]21)C[C@@]1(CCCc2cc(Cl)ccc21)CO3. The van der Waals surface area contributed by atoms with Gasteiger partial charge >= 0.3 is 0 Å². The highest BCUT2D eigenvalue weighted by Gasteiger charge is 2.50. The van der Waals surface area contributed by atoms with Crippen LogP contribution < -0.4 is 14.4 Å². The van der Waals surface area contributed by atoms with Gasteiger partial charge in [0.25, 0.3) is 5.91 Å². The Kier molecular flexibility index (Phi) is 11.7. The summed E-state index contributed by atoms with van der Waals surface area (Å²) in [6, 6.07) is 11.5. The number of benzene rings is 2. The molecule has 11 nitrogen and oxygen atoms in total. The largest absolute Gasteiger partial charge is 0.490 e. The van der Waals surface area contributed by atoms with Crippen LogP contribution in [0.1, 0.15) is 67.4 Å². The van der Waals surface area contributed by atoms with Crippen LogP contribution in [0.2, 0.25) is 5.02 Å². The molecule has 1 amide bonds. The van der Waals surface area contributed by atoms with Crippen molar-refractivity contribution in [2.24, 2.45) is 17.8 Å². The first-order chi connectivity index (χ1) is 26.1. The van der Waals surface area contributed by atoms with E-state index in [9.17, 15) is 21.6 Å². The maximum Gasteiger partial charge on any atom is 0.264 e. The lowest BCUT2D eigenvalue weighted by molar-refractivity contribution is -0.0953. The van der Waals surface area contributed by atoms with Gasteiger partial charge in [0.1, 0.15) is 21.2 Å². The van der Waals surface area contributed by atoms with Gasteiger partial charge in [-0.05, 0) is 105 Å². The molecular formula is C41H57ClN4O7S2. The summed E-state index contributed by atoms with van der Waals surface area (Å²) in [4.78, 5) is 20.7. The number of halogens is 1. The third kappa shape index (κ3) is 8.62. The first-order valence-electron chi connectivity index (χ1n) is 19.8. The summed E-state index contributed by atoms with van der Waals surface area (Å²) in [5, 5.41) is -0.0904. The number of anilines is 1. The number of nitrogens with zero attached hydrogens (tertiary/aromatic N) is 3. The second-order valence-corrected chi connectivity index (χ2v) is 21.7. The number of nitrogens with one attached hydrogen (secondary N) is 1. The van der Waals surface area contributed by atoms with E-state index in [0.717, 1.165) is 75.5 Å². The number of sulfonamides is 1. The van der Waals surface area contributed by atoms with Crippen LogP contribution in [0.25, 0.3) is 0 Å². The Labute approximate surface area is 332 Å². The van der Waals surface area contributed by atoms with E-state index in [1.807, 2.05) is 25.1 Å². The van der Waals surface area contributed by atoms with Crippen molar-refractivity contribution < 1.29 is 31.1 Å². The monoisotopic (exact) mass is 816 g/mol. The minimum atomic E-state index is -3.99. The van der Waals surface area contributed by atoms with Crippen LogP contribution in [0.4, 0.5) is 5.69 Å². The first-order valence-corrected chi connectivity index (χ1v) is 23.8. The van der Waals surface area contributed by atoms with Gasteiger partial charge in [0.2, 0.25) is 10.0 Å². The average molecular weight is 818 g/mol. The number of aryl methyl sites for hydroxylation is 1. The van der Waals surface area contributed by atoms with Crippen molar-refractivity contribution in [3.05, 3.63) is 70.3 Å². The van der Waals surface area contributed by atoms with Gasteiger partial charge in [-0.15, -0.1) is 0 Å². The highest BCUT2D eigenvalue weighted by atomic mass is 35.5. The van der Waals surface area contributed by atoms with E-state index in [1.165, 1.54) is 17.4 Å². The van der Waals surface area contributed by atoms with E-state index in [1.54, 1.807) is 20.1 Å². The Hall–Kier alpha value is -2.68. The molecule has 302 valence electrons. The van der Waals surface area contributed by atoms with Crippen LogP contribution in [0.3, 0.4) is 0 Å². The molecule has 1 spiro atoms. The molecule has 2 aliphatic carbocycles. The third-order valence-corrected chi connectivity index (χ3v) is 16.4. The minimum Gasteiger partial charge on any atom is -0.490 e. The molecule has 0 radical (unpaired) electrons. The molecular weight excluding hydrogens is 760 g/mol. The van der Waals surface area contributed by atoms with Gasteiger partial charge < -0.3 is 14.4 Å². The number of ether oxygens (including phenoxy) is 2. The molecule has 2 fully saturated rings. The summed E-state index contributed by atoms with van der Waals surface area (Å²) >= 11 is 6.50. The first kappa shape index (κ1) is 40.5. The highest BCUT2D eigenvalue weighted by molar-refractivity contribution is 7.90.